The highest BCUT2D eigenvalue weighted by Gasteiger charge is 2.26. The Morgan fingerprint density at radius 1 is 1.11 bits per heavy atom. The average Bonchev–Trinajstić information content (AvgIpc) is 3.21. The molecule has 2 aromatic rings. The van der Waals surface area contributed by atoms with E-state index < -0.39 is 10.0 Å². The van der Waals surface area contributed by atoms with Crippen molar-refractivity contribution in [2.75, 3.05) is 39.5 Å². The van der Waals surface area contributed by atoms with Crippen LogP contribution in [-0.4, -0.2) is 63.0 Å². The Morgan fingerprint density at radius 2 is 1.86 bits per heavy atom. The fourth-order valence-corrected chi connectivity index (χ4v) is 5.64. The van der Waals surface area contributed by atoms with Crippen molar-refractivity contribution in [3.63, 3.8) is 0 Å². The molecular weight excluding hydrogens is 400 g/mol. The first-order valence-electron chi connectivity index (χ1n) is 9.18. The van der Waals surface area contributed by atoms with Crippen molar-refractivity contribution >= 4 is 27.3 Å². The van der Waals surface area contributed by atoms with E-state index in [1.807, 2.05) is 0 Å². The first-order chi connectivity index (χ1) is 13.5. The highest BCUT2D eigenvalue weighted by Crippen LogP contribution is 2.24. The molecule has 2 aliphatic heterocycles. The van der Waals surface area contributed by atoms with Gasteiger partial charge in [-0.05, 0) is 47.7 Å². The molecule has 4 rings (SSSR count). The molecule has 0 atom stereocenters. The molecule has 1 aromatic heterocycles. The number of rotatable bonds is 5. The van der Waals surface area contributed by atoms with Crippen LogP contribution in [0.3, 0.4) is 0 Å². The Kier molecular flexibility index (Phi) is 5.68. The Hall–Kier alpha value is -1.94. The van der Waals surface area contributed by atoms with E-state index in [0.29, 0.717) is 45.1 Å². The summed E-state index contributed by atoms with van der Waals surface area (Å²) in [6, 6.07) is 8.28. The smallest absolute Gasteiger partial charge is 0.260 e. The SMILES string of the molecule is O=C(COc1ccc(S(=O)(=O)N2CCOCC2)cc1)N1CCc2sccc2C1. The van der Waals surface area contributed by atoms with Crippen LogP contribution < -0.4 is 4.74 Å². The number of thiophene rings is 1. The molecule has 150 valence electrons. The predicted octanol–water partition coefficient (Wildman–Crippen LogP) is 1.73. The second kappa shape index (κ2) is 8.20. The van der Waals surface area contributed by atoms with Gasteiger partial charge in [0.05, 0.1) is 18.1 Å². The number of benzene rings is 1. The monoisotopic (exact) mass is 422 g/mol. The summed E-state index contributed by atoms with van der Waals surface area (Å²) >= 11 is 1.73. The lowest BCUT2D eigenvalue weighted by Crippen LogP contribution is -2.40. The summed E-state index contributed by atoms with van der Waals surface area (Å²) in [4.78, 5) is 15.8. The summed E-state index contributed by atoms with van der Waals surface area (Å²) in [7, 11) is -3.53. The summed E-state index contributed by atoms with van der Waals surface area (Å²) in [6.07, 6.45) is 0.882. The molecule has 7 nitrogen and oxygen atoms in total. The molecule has 9 heteroatoms. The average molecular weight is 423 g/mol. The number of ether oxygens (including phenoxy) is 2. The van der Waals surface area contributed by atoms with Crippen molar-refractivity contribution in [1.29, 1.82) is 0 Å². The van der Waals surface area contributed by atoms with E-state index in [2.05, 4.69) is 11.4 Å². The summed E-state index contributed by atoms with van der Waals surface area (Å²) in [5.74, 6) is 0.407. The summed E-state index contributed by atoms with van der Waals surface area (Å²) in [5.41, 5.74) is 1.21. The predicted molar refractivity (Wildman–Crippen MR) is 105 cm³/mol. The third-order valence-electron chi connectivity index (χ3n) is 4.95. The highest BCUT2D eigenvalue weighted by atomic mass is 32.2. The van der Waals surface area contributed by atoms with Crippen LogP contribution in [0, 0.1) is 0 Å². The zero-order valence-corrected chi connectivity index (χ0v) is 17.0. The third-order valence-corrected chi connectivity index (χ3v) is 7.89. The maximum Gasteiger partial charge on any atom is 0.260 e. The second-order valence-electron chi connectivity index (χ2n) is 6.71. The van der Waals surface area contributed by atoms with Gasteiger partial charge >= 0.3 is 0 Å². The first-order valence-corrected chi connectivity index (χ1v) is 11.5. The van der Waals surface area contributed by atoms with Crippen molar-refractivity contribution in [2.24, 2.45) is 0 Å². The number of nitrogens with zero attached hydrogens (tertiary/aromatic N) is 2. The zero-order valence-electron chi connectivity index (χ0n) is 15.4. The van der Waals surface area contributed by atoms with Gasteiger partial charge in [-0.2, -0.15) is 4.31 Å². The number of carbonyl (C=O) groups is 1. The maximum atomic E-state index is 12.6. The lowest BCUT2D eigenvalue weighted by molar-refractivity contribution is -0.134. The van der Waals surface area contributed by atoms with E-state index in [9.17, 15) is 13.2 Å². The minimum Gasteiger partial charge on any atom is -0.484 e. The van der Waals surface area contributed by atoms with Crippen LogP contribution >= 0.6 is 11.3 Å². The van der Waals surface area contributed by atoms with Gasteiger partial charge in [-0.15, -0.1) is 11.3 Å². The molecule has 1 amide bonds. The normalized spacial score (nSPS) is 17.9. The second-order valence-corrected chi connectivity index (χ2v) is 9.65. The van der Waals surface area contributed by atoms with E-state index in [0.717, 1.165) is 6.42 Å². The third kappa shape index (κ3) is 4.07. The molecule has 0 radical (unpaired) electrons. The largest absolute Gasteiger partial charge is 0.484 e. The quantitative estimate of drug-likeness (QED) is 0.734. The molecule has 0 unspecified atom stereocenters. The van der Waals surface area contributed by atoms with Gasteiger partial charge in [0.25, 0.3) is 5.91 Å². The summed E-state index contributed by atoms with van der Waals surface area (Å²) in [5, 5.41) is 2.06. The van der Waals surface area contributed by atoms with E-state index in [1.165, 1.54) is 26.9 Å². The van der Waals surface area contributed by atoms with Gasteiger partial charge in [0.15, 0.2) is 6.61 Å². The molecule has 2 aliphatic rings. The van der Waals surface area contributed by atoms with Gasteiger partial charge in [-0.1, -0.05) is 0 Å². The highest BCUT2D eigenvalue weighted by molar-refractivity contribution is 7.89. The van der Waals surface area contributed by atoms with E-state index in [1.54, 1.807) is 28.4 Å². The molecule has 0 N–H and O–H groups in total. The van der Waals surface area contributed by atoms with Gasteiger partial charge in [0.1, 0.15) is 5.75 Å². The molecule has 0 bridgehead atoms. The molecule has 0 spiro atoms. The number of amides is 1. The Balaban J connectivity index is 1.34. The number of fused-ring (bicyclic) bond motifs is 1. The molecular formula is C19H22N2O5S2. The van der Waals surface area contributed by atoms with Gasteiger partial charge < -0.3 is 14.4 Å². The summed E-state index contributed by atoms with van der Waals surface area (Å²) in [6.45, 7) is 2.80. The minimum atomic E-state index is -3.53. The van der Waals surface area contributed by atoms with Crippen LogP contribution in [-0.2, 0) is 32.5 Å². The van der Waals surface area contributed by atoms with Gasteiger partial charge in [-0.3, -0.25) is 4.79 Å². The van der Waals surface area contributed by atoms with Crippen LogP contribution in [0.25, 0.3) is 0 Å². The maximum absolute atomic E-state index is 12.6. The van der Waals surface area contributed by atoms with Crippen LogP contribution in [0.1, 0.15) is 10.4 Å². The topological polar surface area (TPSA) is 76.2 Å². The standard InChI is InChI=1S/C19H22N2O5S2/c22-19(20-7-5-18-15(13-20)6-12-27-18)14-26-16-1-3-17(4-2-16)28(23,24)21-8-10-25-11-9-21/h1-4,6,12H,5,7-11,13-14H2. The molecule has 1 saturated heterocycles. The molecule has 3 heterocycles. The molecule has 0 saturated carbocycles. The Labute approximate surface area is 168 Å². The molecule has 0 aliphatic carbocycles. The number of sulfonamides is 1. The Morgan fingerprint density at radius 3 is 2.61 bits per heavy atom. The number of morpholine rings is 1. The van der Waals surface area contributed by atoms with Gasteiger partial charge in [-0.25, -0.2) is 8.42 Å². The van der Waals surface area contributed by atoms with Crippen LogP contribution in [0.2, 0.25) is 0 Å². The number of hydrogen-bond acceptors (Lipinski definition) is 6. The zero-order chi connectivity index (χ0) is 19.6. The van der Waals surface area contributed by atoms with E-state index in [4.69, 9.17) is 9.47 Å². The summed E-state index contributed by atoms with van der Waals surface area (Å²) < 4.78 is 37.5. The van der Waals surface area contributed by atoms with E-state index in [-0.39, 0.29) is 17.4 Å². The van der Waals surface area contributed by atoms with Gasteiger partial charge in [0.2, 0.25) is 10.0 Å². The van der Waals surface area contributed by atoms with Crippen molar-refractivity contribution in [3.05, 3.63) is 46.2 Å². The fourth-order valence-electron chi connectivity index (χ4n) is 3.34. The van der Waals surface area contributed by atoms with Crippen molar-refractivity contribution < 1.29 is 22.7 Å². The molecule has 1 aromatic carbocycles. The molecule has 1 fully saturated rings. The number of carbonyl (C=O) groups excluding carboxylic acids is 1. The van der Waals surface area contributed by atoms with Gasteiger partial charge in [0, 0.05) is 31.1 Å². The minimum absolute atomic E-state index is 0.0605. The lowest BCUT2D eigenvalue weighted by atomic mass is 10.1. The van der Waals surface area contributed by atoms with Crippen molar-refractivity contribution in [1.82, 2.24) is 9.21 Å². The molecule has 28 heavy (non-hydrogen) atoms. The van der Waals surface area contributed by atoms with Crippen molar-refractivity contribution in [2.45, 2.75) is 17.9 Å². The van der Waals surface area contributed by atoms with E-state index >= 15 is 0 Å². The van der Waals surface area contributed by atoms with Crippen LogP contribution in [0.4, 0.5) is 0 Å². The fraction of sp³-hybridized carbons (Fsp3) is 0.421. The lowest BCUT2D eigenvalue weighted by Gasteiger charge is -2.27. The van der Waals surface area contributed by atoms with Crippen LogP contribution in [0.5, 0.6) is 5.75 Å². The van der Waals surface area contributed by atoms with Crippen LogP contribution in [0.15, 0.2) is 40.6 Å². The first kappa shape index (κ1) is 19.4. The Bertz CT molecular complexity index is 933. The van der Waals surface area contributed by atoms with Crippen molar-refractivity contribution in [3.8, 4) is 5.75 Å². The number of hydrogen-bond donors (Lipinski definition) is 0.